The maximum atomic E-state index is 12.3. The minimum Gasteiger partial charge on any atom is -0.482 e. The third kappa shape index (κ3) is 4.62. The van der Waals surface area contributed by atoms with Gasteiger partial charge in [-0.3, -0.25) is 4.79 Å². The van der Waals surface area contributed by atoms with Gasteiger partial charge in [0, 0.05) is 36.1 Å². The first kappa shape index (κ1) is 19.3. The van der Waals surface area contributed by atoms with Gasteiger partial charge in [-0.2, -0.15) is 0 Å². The van der Waals surface area contributed by atoms with E-state index < -0.39 is 5.63 Å². The number of nitrogens with zero attached hydrogens (tertiary/aromatic N) is 1. The molecule has 1 amide bonds. The van der Waals surface area contributed by atoms with Gasteiger partial charge >= 0.3 is 5.63 Å². The molecule has 0 saturated heterocycles. The highest BCUT2D eigenvalue weighted by molar-refractivity contribution is 6.32. The normalized spacial score (nSPS) is 10.8. The van der Waals surface area contributed by atoms with Crippen LogP contribution in [-0.2, 0) is 11.3 Å². The molecule has 3 rings (SSSR count). The molecule has 1 heterocycles. The van der Waals surface area contributed by atoms with Crippen LogP contribution < -0.4 is 10.4 Å². The van der Waals surface area contributed by atoms with Gasteiger partial charge in [-0.1, -0.05) is 35.3 Å². The Balaban J connectivity index is 1.70. The molecule has 0 N–H and O–H groups in total. The van der Waals surface area contributed by atoms with E-state index in [9.17, 15) is 9.59 Å². The molecule has 0 aliphatic carbocycles. The zero-order chi connectivity index (χ0) is 19.6. The van der Waals surface area contributed by atoms with Gasteiger partial charge < -0.3 is 14.1 Å². The van der Waals surface area contributed by atoms with Gasteiger partial charge in [0.2, 0.25) is 0 Å². The highest BCUT2D eigenvalue weighted by atomic mass is 35.5. The predicted octanol–water partition coefficient (Wildman–Crippen LogP) is 4.45. The molecule has 27 heavy (non-hydrogen) atoms. The van der Waals surface area contributed by atoms with Gasteiger partial charge in [-0.15, -0.1) is 0 Å². The predicted molar refractivity (Wildman–Crippen MR) is 106 cm³/mol. The molecule has 2 aromatic carbocycles. The number of rotatable bonds is 5. The number of amides is 1. The first-order chi connectivity index (χ1) is 12.8. The minimum atomic E-state index is -0.452. The molecule has 3 aromatic rings. The number of fused-ring (bicyclic) bond motifs is 1. The fourth-order valence-corrected chi connectivity index (χ4v) is 2.98. The average Bonchev–Trinajstić information content (AvgIpc) is 2.62. The van der Waals surface area contributed by atoms with E-state index in [0.29, 0.717) is 22.2 Å². The van der Waals surface area contributed by atoms with E-state index in [4.69, 9.17) is 32.4 Å². The van der Waals surface area contributed by atoms with E-state index in [2.05, 4.69) is 0 Å². The van der Waals surface area contributed by atoms with Crippen LogP contribution in [0.5, 0.6) is 5.75 Å². The molecule has 0 aliphatic heterocycles. The van der Waals surface area contributed by atoms with Crippen molar-refractivity contribution in [3.8, 4) is 5.75 Å². The van der Waals surface area contributed by atoms with E-state index in [0.717, 1.165) is 16.5 Å². The summed E-state index contributed by atoms with van der Waals surface area (Å²) in [7, 11) is 1.69. The van der Waals surface area contributed by atoms with Crippen LogP contribution in [0.1, 0.15) is 11.1 Å². The van der Waals surface area contributed by atoms with Gasteiger partial charge in [-0.25, -0.2) is 4.79 Å². The summed E-state index contributed by atoms with van der Waals surface area (Å²) in [4.78, 5) is 25.4. The van der Waals surface area contributed by atoms with Crippen molar-refractivity contribution in [2.45, 2.75) is 13.5 Å². The lowest BCUT2D eigenvalue weighted by Crippen LogP contribution is -2.31. The van der Waals surface area contributed by atoms with Crippen LogP contribution in [0.3, 0.4) is 0 Å². The molecule has 0 atom stereocenters. The topological polar surface area (TPSA) is 59.8 Å². The van der Waals surface area contributed by atoms with Gasteiger partial charge in [0.1, 0.15) is 11.3 Å². The molecule has 0 bridgehead atoms. The molecule has 0 spiro atoms. The quantitative estimate of drug-likeness (QED) is 0.588. The Morgan fingerprint density at radius 1 is 1.15 bits per heavy atom. The molecule has 5 nitrogen and oxygen atoms in total. The van der Waals surface area contributed by atoms with E-state index in [-0.39, 0.29) is 18.3 Å². The van der Waals surface area contributed by atoms with Crippen LogP contribution in [0, 0.1) is 6.92 Å². The number of aryl methyl sites for hydroxylation is 1. The van der Waals surface area contributed by atoms with Gasteiger partial charge in [0.15, 0.2) is 6.61 Å². The Hall–Kier alpha value is -2.50. The zero-order valence-corrected chi connectivity index (χ0v) is 16.3. The number of carbonyl (C=O) groups excluding carboxylic acids is 1. The third-order valence-electron chi connectivity index (χ3n) is 4.11. The first-order valence-electron chi connectivity index (χ1n) is 8.18. The molecule has 7 heteroatoms. The number of halogens is 2. The van der Waals surface area contributed by atoms with Crippen LogP contribution in [0.2, 0.25) is 10.0 Å². The lowest BCUT2D eigenvalue weighted by atomic mass is 10.1. The van der Waals surface area contributed by atoms with Crippen molar-refractivity contribution in [3.05, 3.63) is 74.1 Å². The van der Waals surface area contributed by atoms with Crippen LogP contribution in [0.15, 0.2) is 51.7 Å². The summed E-state index contributed by atoms with van der Waals surface area (Å²) >= 11 is 12.1. The lowest BCUT2D eigenvalue weighted by molar-refractivity contribution is -0.132. The Labute approximate surface area is 166 Å². The Morgan fingerprint density at radius 3 is 2.56 bits per heavy atom. The number of hydrogen-bond acceptors (Lipinski definition) is 4. The van der Waals surface area contributed by atoms with Crippen molar-refractivity contribution in [2.75, 3.05) is 13.7 Å². The highest BCUT2D eigenvalue weighted by Gasteiger charge is 2.14. The molecule has 0 unspecified atom stereocenters. The van der Waals surface area contributed by atoms with E-state index in [1.165, 1.54) is 12.1 Å². The summed E-state index contributed by atoms with van der Waals surface area (Å²) in [6.07, 6.45) is 0. The molecule has 0 radical (unpaired) electrons. The molecular weight excluding hydrogens is 389 g/mol. The fourth-order valence-electron chi connectivity index (χ4n) is 2.63. The second kappa shape index (κ2) is 8.03. The molecule has 140 valence electrons. The smallest absolute Gasteiger partial charge is 0.336 e. The molecular formula is C20H17Cl2NO4. The number of likely N-dealkylation sites (N-methyl/N-ethyl adjacent to an activating group) is 1. The van der Waals surface area contributed by atoms with Crippen molar-refractivity contribution >= 4 is 40.1 Å². The average molecular weight is 406 g/mol. The lowest BCUT2D eigenvalue weighted by Gasteiger charge is -2.18. The summed E-state index contributed by atoms with van der Waals surface area (Å²) in [5.74, 6) is 0.0676. The standard InChI is InChI=1S/C20H17Cl2NO4/c1-12-7-20(25)27-17-9-18(16(22)8-15(12)17)26-11-19(24)23(2)10-13-3-5-14(21)6-4-13/h3-9H,10-11H2,1-2H3. The monoisotopic (exact) mass is 405 g/mol. The van der Waals surface area contributed by atoms with Crippen molar-refractivity contribution in [2.24, 2.45) is 0 Å². The van der Waals surface area contributed by atoms with E-state index in [1.807, 2.05) is 12.1 Å². The molecule has 0 saturated carbocycles. The molecule has 0 aliphatic rings. The maximum Gasteiger partial charge on any atom is 0.336 e. The van der Waals surface area contributed by atoms with Gasteiger partial charge in [0.25, 0.3) is 5.91 Å². The summed E-state index contributed by atoms with van der Waals surface area (Å²) in [6, 6.07) is 11.8. The number of benzene rings is 2. The zero-order valence-electron chi connectivity index (χ0n) is 14.8. The second-order valence-corrected chi connectivity index (χ2v) is 7.04. The van der Waals surface area contributed by atoms with Crippen molar-refractivity contribution in [3.63, 3.8) is 0 Å². The summed E-state index contributed by atoms with van der Waals surface area (Å²) in [6.45, 7) is 2.04. The van der Waals surface area contributed by atoms with Crippen molar-refractivity contribution in [1.29, 1.82) is 0 Å². The Bertz CT molecular complexity index is 1040. The van der Waals surface area contributed by atoms with Crippen LogP contribution in [0.4, 0.5) is 0 Å². The molecule has 0 fully saturated rings. The van der Waals surface area contributed by atoms with Crippen LogP contribution in [-0.4, -0.2) is 24.5 Å². The van der Waals surface area contributed by atoms with Crippen molar-refractivity contribution in [1.82, 2.24) is 4.90 Å². The highest BCUT2D eigenvalue weighted by Crippen LogP contribution is 2.31. The summed E-state index contributed by atoms with van der Waals surface area (Å²) in [5, 5.41) is 1.70. The Kier molecular flexibility index (Phi) is 5.73. The second-order valence-electron chi connectivity index (χ2n) is 6.19. The largest absolute Gasteiger partial charge is 0.482 e. The van der Waals surface area contributed by atoms with E-state index >= 15 is 0 Å². The SMILES string of the molecule is Cc1cc(=O)oc2cc(OCC(=O)N(C)Cc3ccc(Cl)cc3)c(Cl)cc12. The summed E-state index contributed by atoms with van der Waals surface area (Å²) in [5.41, 5.74) is 1.62. The van der Waals surface area contributed by atoms with Gasteiger partial charge in [-0.05, 0) is 36.2 Å². The fraction of sp³-hybridized carbons (Fsp3) is 0.200. The number of ether oxygens (including phenoxy) is 1. The first-order valence-corrected chi connectivity index (χ1v) is 8.94. The van der Waals surface area contributed by atoms with Crippen molar-refractivity contribution < 1.29 is 13.9 Å². The third-order valence-corrected chi connectivity index (χ3v) is 4.66. The van der Waals surface area contributed by atoms with Crippen LogP contribution in [0.25, 0.3) is 11.0 Å². The molecule has 1 aromatic heterocycles. The maximum absolute atomic E-state index is 12.3. The Morgan fingerprint density at radius 2 is 1.85 bits per heavy atom. The van der Waals surface area contributed by atoms with Crippen LogP contribution >= 0.6 is 23.2 Å². The number of carbonyl (C=O) groups is 1. The minimum absolute atomic E-state index is 0.189. The number of hydrogen-bond donors (Lipinski definition) is 0. The van der Waals surface area contributed by atoms with E-state index in [1.54, 1.807) is 37.1 Å². The summed E-state index contributed by atoms with van der Waals surface area (Å²) < 4.78 is 10.7. The van der Waals surface area contributed by atoms with Gasteiger partial charge in [0.05, 0.1) is 5.02 Å².